The van der Waals surface area contributed by atoms with Gasteiger partial charge in [0.05, 0.1) is 6.54 Å². The first-order chi connectivity index (χ1) is 7.70. The lowest BCUT2D eigenvalue weighted by Gasteiger charge is -2.18. The van der Waals surface area contributed by atoms with Crippen LogP contribution in [0.4, 0.5) is 27.8 Å². The van der Waals surface area contributed by atoms with Gasteiger partial charge in [-0.2, -0.15) is 13.2 Å². The summed E-state index contributed by atoms with van der Waals surface area (Å²) in [4.78, 5) is 7.30. The predicted octanol–water partition coefficient (Wildman–Crippen LogP) is 2.85. The van der Waals surface area contributed by atoms with Crippen molar-refractivity contribution in [1.82, 2.24) is 9.97 Å². The minimum Gasteiger partial charge on any atom is -0.354 e. The van der Waals surface area contributed by atoms with Crippen LogP contribution in [0.25, 0.3) is 0 Å². The third kappa shape index (κ3) is 3.95. The molecule has 17 heavy (non-hydrogen) atoms. The fraction of sp³-hybridized carbons (Fsp3) is 0.500. The van der Waals surface area contributed by atoms with E-state index in [0.29, 0.717) is 6.07 Å². The first-order valence-electron chi connectivity index (χ1n) is 4.31. The highest BCUT2D eigenvalue weighted by Gasteiger charge is 2.34. The molecule has 9 heteroatoms. The van der Waals surface area contributed by atoms with E-state index in [1.807, 2.05) is 0 Å². The maximum Gasteiger partial charge on any atom is 0.433 e. The van der Waals surface area contributed by atoms with Crippen molar-refractivity contribution in [2.75, 3.05) is 18.5 Å². The highest BCUT2D eigenvalue weighted by Crippen LogP contribution is 2.30. The molecule has 0 unspecified atom stereocenters. The summed E-state index contributed by atoms with van der Waals surface area (Å²) in [5, 5.41) is -0.643. The van der Waals surface area contributed by atoms with E-state index in [4.69, 9.17) is 11.6 Å². The van der Waals surface area contributed by atoms with E-state index in [1.54, 1.807) is 0 Å². The van der Waals surface area contributed by atoms with Crippen LogP contribution in [-0.4, -0.2) is 30.0 Å². The minimum absolute atomic E-state index is 0.308. The first kappa shape index (κ1) is 13.9. The van der Waals surface area contributed by atoms with E-state index < -0.39 is 30.1 Å². The molecule has 0 saturated carbocycles. The number of nitrogens with zero attached hydrogens (tertiary/aromatic N) is 3. The van der Waals surface area contributed by atoms with Gasteiger partial charge in [-0.15, -0.1) is 0 Å². The average molecular weight is 276 g/mol. The second-order valence-electron chi connectivity index (χ2n) is 3.15. The summed E-state index contributed by atoms with van der Waals surface area (Å²) in [6, 6.07) is 0.564. The van der Waals surface area contributed by atoms with Gasteiger partial charge in [-0.25, -0.2) is 18.7 Å². The number of anilines is 1. The van der Waals surface area contributed by atoms with Gasteiger partial charge in [0.15, 0.2) is 5.69 Å². The Morgan fingerprint density at radius 2 is 1.94 bits per heavy atom. The van der Waals surface area contributed by atoms with Gasteiger partial charge in [-0.3, -0.25) is 0 Å². The quantitative estimate of drug-likeness (QED) is 0.627. The molecule has 0 bridgehead atoms. The third-order valence-corrected chi connectivity index (χ3v) is 1.95. The summed E-state index contributed by atoms with van der Waals surface area (Å²) in [5.74, 6) is -0.308. The number of aromatic nitrogens is 2. The van der Waals surface area contributed by atoms with Crippen LogP contribution >= 0.6 is 11.6 Å². The van der Waals surface area contributed by atoms with Gasteiger partial charge in [0.1, 0.15) is 5.82 Å². The molecular weight excluding hydrogens is 269 g/mol. The molecular formula is C8H7ClF5N3. The molecule has 0 aliphatic carbocycles. The summed E-state index contributed by atoms with van der Waals surface area (Å²) in [5.41, 5.74) is -1.27. The van der Waals surface area contributed by atoms with Gasteiger partial charge in [-0.1, -0.05) is 0 Å². The highest BCUT2D eigenvalue weighted by atomic mass is 35.5. The fourth-order valence-corrected chi connectivity index (χ4v) is 1.22. The van der Waals surface area contributed by atoms with Crippen LogP contribution in [0, 0.1) is 0 Å². The van der Waals surface area contributed by atoms with E-state index in [2.05, 4.69) is 9.97 Å². The zero-order valence-corrected chi connectivity index (χ0v) is 9.23. The Morgan fingerprint density at radius 3 is 2.41 bits per heavy atom. The maximum absolute atomic E-state index is 12.4. The molecule has 0 fully saturated rings. The lowest BCUT2D eigenvalue weighted by atomic mass is 10.3. The monoisotopic (exact) mass is 275 g/mol. The Bertz CT molecular complexity index is 395. The Hall–Kier alpha value is -1.18. The van der Waals surface area contributed by atoms with Crippen molar-refractivity contribution in [2.45, 2.75) is 12.6 Å². The van der Waals surface area contributed by atoms with E-state index in [1.165, 1.54) is 7.05 Å². The van der Waals surface area contributed by atoms with Crippen LogP contribution in [0.5, 0.6) is 0 Å². The van der Waals surface area contributed by atoms with Gasteiger partial charge in [0.25, 0.3) is 6.43 Å². The molecule has 0 N–H and O–H groups in total. The second kappa shape index (κ2) is 4.99. The third-order valence-electron chi connectivity index (χ3n) is 1.78. The largest absolute Gasteiger partial charge is 0.433 e. The van der Waals surface area contributed by atoms with Gasteiger partial charge >= 0.3 is 6.18 Å². The van der Waals surface area contributed by atoms with Gasteiger partial charge in [-0.05, 0) is 11.6 Å². The molecule has 96 valence electrons. The molecule has 1 aromatic rings. The number of halogens is 6. The number of hydrogen-bond acceptors (Lipinski definition) is 3. The summed E-state index contributed by atoms with van der Waals surface area (Å²) in [7, 11) is 1.19. The van der Waals surface area contributed by atoms with Gasteiger partial charge in [0, 0.05) is 13.1 Å². The van der Waals surface area contributed by atoms with E-state index >= 15 is 0 Å². The summed E-state index contributed by atoms with van der Waals surface area (Å²) >= 11 is 5.30. The Labute approximate surface area is 98.2 Å². The van der Waals surface area contributed by atoms with Crippen molar-refractivity contribution >= 4 is 17.4 Å². The van der Waals surface area contributed by atoms with Gasteiger partial charge in [0.2, 0.25) is 5.28 Å². The number of hydrogen-bond donors (Lipinski definition) is 0. The summed E-state index contributed by atoms with van der Waals surface area (Å²) < 4.78 is 61.2. The molecule has 1 aromatic heterocycles. The van der Waals surface area contributed by atoms with E-state index in [0.717, 1.165) is 4.90 Å². The minimum atomic E-state index is -4.70. The molecule has 0 aromatic carbocycles. The first-order valence-corrected chi connectivity index (χ1v) is 4.69. The van der Waals surface area contributed by atoms with Crippen molar-refractivity contribution in [3.8, 4) is 0 Å². The van der Waals surface area contributed by atoms with Crippen molar-refractivity contribution in [2.24, 2.45) is 0 Å². The molecule has 0 radical (unpaired) electrons. The van der Waals surface area contributed by atoms with Crippen LogP contribution in [0.3, 0.4) is 0 Å². The fourth-order valence-electron chi connectivity index (χ4n) is 1.05. The second-order valence-corrected chi connectivity index (χ2v) is 3.49. The predicted molar refractivity (Wildman–Crippen MR) is 51.3 cm³/mol. The Balaban J connectivity index is 3.05. The lowest BCUT2D eigenvalue weighted by molar-refractivity contribution is -0.141. The van der Waals surface area contributed by atoms with Crippen LogP contribution in [-0.2, 0) is 6.18 Å². The van der Waals surface area contributed by atoms with Crippen LogP contribution < -0.4 is 4.90 Å². The Kier molecular flexibility index (Phi) is 4.07. The molecule has 0 atom stereocenters. The van der Waals surface area contributed by atoms with E-state index in [-0.39, 0.29) is 5.82 Å². The van der Waals surface area contributed by atoms with Crippen molar-refractivity contribution in [1.29, 1.82) is 0 Å². The van der Waals surface area contributed by atoms with Crippen LogP contribution in [0.15, 0.2) is 6.07 Å². The summed E-state index contributed by atoms with van der Waals surface area (Å²) in [6.07, 6.45) is -7.39. The van der Waals surface area contributed by atoms with E-state index in [9.17, 15) is 22.0 Å². The zero-order valence-electron chi connectivity index (χ0n) is 8.47. The molecule has 0 aliphatic rings. The van der Waals surface area contributed by atoms with Gasteiger partial charge < -0.3 is 4.90 Å². The molecule has 0 saturated heterocycles. The molecule has 1 rings (SSSR count). The van der Waals surface area contributed by atoms with Crippen LogP contribution in [0.1, 0.15) is 5.69 Å². The molecule has 0 spiro atoms. The van der Waals surface area contributed by atoms with Crippen molar-refractivity contribution < 1.29 is 22.0 Å². The van der Waals surface area contributed by atoms with Crippen molar-refractivity contribution in [3.63, 3.8) is 0 Å². The molecule has 1 heterocycles. The van der Waals surface area contributed by atoms with Crippen LogP contribution in [0.2, 0.25) is 5.28 Å². The number of rotatable bonds is 3. The molecule has 3 nitrogen and oxygen atoms in total. The smallest absolute Gasteiger partial charge is 0.354 e. The average Bonchev–Trinajstić information content (AvgIpc) is 2.14. The Morgan fingerprint density at radius 1 is 1.35 bits per heavy atom. The number of alkyl halides is 5. The highest BCUT2D eigenvalue weighted by molar-refractivity contribution is 6.28. The normalized spacial score (nSPS) is 12.0. The topological polar surface area (TPSA) is 29.0 Å². The molecule has 0 aliphatic heterocycles. The van der Waals surface area contributed by atoms with Crippen molar-refractivity contribution in [3.05, 3.63) is 17.0 Å². The lowest BCUT2D eigenvalue weighted by Crippen LogP contribution is -2.25. The zero-order chi connectivity index (χ0) is 13.2. The standard InChI is InChI=1S/C8H7ClF5N3/c1-17(3-5(10)11)6-2-4(8(12,13)14)15-7(9)16-6/h2,5H,3H2,1H3. The molecule has 0 amide bonds. The SMILES string of the molecule is CN(CC(F)F)c1cc(C(F)(F)F)nc(Cl)n1. The summed E-state index contributed by atoms with van der Waals surface area (Å²) in [6.45, 7) is -0.745. The maximum atomic E-state index is 12.4.